The fraction of sp³-hybridized carbons (Fsp3) is 0.625. The Bertz CT molecular complexity index is 1610. The van der Waals surface area contributed by atoms with E-state index in [1.807, 2.05) is 61.6 Å². The first kappa shape index (κ1) is 38.5. The number of methoxy groups -OCH3 is 1. The van der Waals surface area contributed by atoms with Crippen LogP contribution in [0.3, 0.4) is 0 Å². The third kappa shape index (κ3) is 7.31. The number of para-hydroxylation sites is 1. The second kappa shape index (κ2) is 15.6. The minimum absolute atomic E-state index is 0.0436. The molecule has 0 radical (unpaired) electrons. The number of hydrogen-bond donors (Lipinski definition) is 5. The van der Waals surface area contributed by atoms with Gasteiger partial charge in [-0.3, -0.25) is 14.8 Å². The highest BCUT2D eigenvalue weighted by atomic mass is 16.7. The molecule has 52 heavy (non-hydrogen) atoms. The number of ether oxygens (including phenoxy) is 1. The van der Waals surface area contributed by atoms with Gasteiger partial charge in [0.15, 0.2) is 6.17 Å². The number of carbonyl (C=O) groups excluding carboxylic acids is 1. The zero-order valence-electron chi connectivity index (χ0n) is 32.2. The van der Waals surface area contributed by atoms with E-state index in [1.54, 1.807) is 19.1 Å². The predicted molar refractivity (Wildman–Crippen MR) is 202 cm³/mol. The van der Waals surface area contributed by atoms with E-state index < -0.39 is 24.3 Å². The number of allylic oxidation sites excluding steroid dienone is 1. The van der Waals surface area contributed by atoms with Crippen molar-refractivity contribution in [3.8, 4) is 16.9 Å². The van der Waals surface area contributed by atoms with Crippen LogP contribution in [-0.2, 0) is 11.4 Å². The molecule has 9 atom stereocenters. The molecule has 5 fully saturated rings. The zero-order chi connectivity index (χ0) is 37.5. The number of amides is 1. The van der Waals surface area contributed by atoms with Crippen molar-refractivity contribution in [2.24, 2.45) is 29.1 Å². The molecule has 0 spiro atoms. The van der Waals surface area contributed by atoms with E-state index in [-0.39, 0.29) is 35.7 Å². The second-order valence-corrected chi connectivity index (χ2v) is 16.2. The molecule has 12 nitrogen and oxygen atoms in total. The van der Waals surface area contributed by atoms with Crippen molar-refractivity contribution in [1.82, 2.24) is 20.7 Å². The SMILES string of the molecule is CCN1CCC/C1=C\NC(=O)c1cc(-c2cccc(CN3O[C@@H](CO)[C@@H]([C@H](C)O)[C@H]3[NH+]([O-])N[C@H]3C[C@H]4C[C@@H]([C@@H]3C)C4(C)C)c2OC)cc(N(C)C)c1. The van der Waals surface area contributed by atoms with Gasteiger partial charge in [0.2, 0.25) is 0 Å². The van der Waals surface area contributed by atoms with Gasteiger partial charge in [0.1, 0.15) is 11.9 Å². The summed E-state index contributed by atoms with van der Waals surface area (Å²) in [5, 5.41) is 39.9. The average molecular weight is 721 g/mol. The molecule has 1 unspecified atom stereocenters. The van der Waals surface area contributed by atoms with Gasteiger partial charge in [-0.1, -0.05) is 39.0 Å². The van der Waals surface area contributed by atoms with Gasteiger partial charge in [-0.15, -0.1) is 5.06 Å². The number of hydroxylamine groups is 3. The molecule has 3 aliphatic carbocycles. The number of quaternary nitrogens is 1. The lowest BCUT2D eigenvalue weighted by molar-refractivity contribution is -0.944. The standard InChI is InChI=1S/C40H60N6O6/c1-9-44-15-11-13-30(44)21-41-38(49)28-16-27(17-31(18-28)43(6)7)32-14-10-12-26(37(32)51-8)22-45-39(36(25(3)48)35(23-47)52-45)46(50)42-34-20-29-19-33(24(34)2)40(29,4)5/h10,12,14,16-18,21,24-25,29,33-36,39,42,46-48H,9,11,13,15,19-20,22-23H2,1-8H3,(H,41,49)/b30-21+/t24-,25-,29+,33-,34-,35-,36+,39+/m0/s1. The zero-order valence-corrected chi connectivity index (χ0v) is 32.2. The number of aliphatic hydroxyl groups excluding tert-OH is 2. The van der Waals surface area contributed by atoms with E-state index in [1.165, 1.54) is 6.42 Å². The Morgan fingerprint density at radius 1 is 1.25 bits per heavy atom. The van der Waals surface area contributed by atoms with Gasteiger partial charge >= 0.3 is 0 Å². The Balaban J connectivity index is 1.28. The molecule has 7 rings (SSSR count). The summed E-state index contributed by atoms with van der Waals surface area (Å²) >= 11 is 0. The average Bonchev–Trinajstić information content (AvgIpc) is 3.75. The number of benzene rings is 2. The summed E-state index contributed by atoms with van der Waals surface area (Å²) in [6.45, 7) is 12.4. The van der Waals surface area contributed by atoms with E-state index in [4.69, 9.17) is 9.57 Å². The Hall–Kier alpha value is -3.23. The Morgan fingerprint density at radius 3 is 2.65 bits per heavy atom. The number of rotatable bonds is 13. The Labute approximate surface area is 309 Å². The molecule has 286 valence electrons. The normalized spacial score (nSPS) is 30.2. The summed E-state index contributed by atoms with van der Waals surface area (Å²) in [7, 11) is 5.50. The molecule has 2 aliphatic heterocycles. The molecule has 2 bridgehead atoms. The lowest BCUT2D eigenvalue weighted by Crippen LogP contribution is -3.21. The van der Waals surface area contributed by atoms with Crippen LogP contribution in [-0.4, -0.2) is 91.4 Å². The van der Waals surface area contributed by atoms with Crippen molar-refractivity contribution < 1.29 is 29.8 Å². The van der Waals surface area contributed by atoms with Crippen molar-refractivity contribution in [3.05, 3.63) is 64.6 Å². The fourth-order valence-electron chi connectivity index (χ4n) is 9.50. The maximum absolute atomic E-state index is 14.2. The molecule has 5 N–H and O–H groups in total. The van der Waals surface area contributed by atoms with Gasteiger partial charge in [-0.25, -0.2) is 0 Å². The second-order valence-electron chi connectivity index (χ2n) is 16.2. The first-order valence-corrected chi connectivity index (χ1v) is 19.0. The third-order valence-electron chi connectivity index (χ3n) is 12.7. The molecule has 2 aromatic carbocycles. The van der Waals surface area contributed by atoms with Crippen LogP contribution in [0.5, 0.6) is 5.75 Å². The largest absolute Gasteiger partial charge is 0.612 e. The van der Waals surface area contributed by atoms with Gasteiger partial charge in [0, 0.05) is 61.5 Å². The molecule has 12 heteroatoms. The van der Waals surface area contributed by atoms with E-state index in [2.05, 4.69) is 43.3 Å². The number of carbonyl (C=O) groups is 1. The number of hydrogen-bond acceptors (Lipinski definition) is 10. The summed E-state index contributed by atoms with van der Waals surface area (Å²) in [6.07, 6.45) is 3.54. The summed E-state index contributed by atoms with van der Waals surface area (Å²) in [6, 6.07) is 11.6. The Morgan fingerprint density at radius 2 is 2.02 bits per heavy atom. The van der Waals surface area contributed by atoms with Crippen LogP contribution in [0.15, 0.2) is 48.3 Å². The minimum Gasteiger partial charge on any atom is -0.612 e. The number of nitrogens with one attached hydrogen (secondary N) is 3. The van der Waals surface area contributed by atoms with E-state index >= 15 is 0 Å². The molecule has 0 aromatic heterocycles. The first-order valence-electron chi connectivity index (χ1n) is 19.0. The molecule has 2 aromatic rings. The molecule has 1 amide bonds. The lowest BCUT2D eigenvalue weighted by atomic mass is 9.45. The number of aliphatic hydroxyl groups is 2. The highest BCUT2D eigenvalue weighted by Crippen LogP contribution is 2.61. The van der Waals surface area contributed by atoms with Gasteiger partial charge < -0.3 is 35.3 Å². The maximum atomic E-state index is 14.2. The molecule has 2 saturated heterocycles. The van der Waals surface area contributed by atoms with E-state index in [9.17, 15) is 20.2 Å². The van der Waals surface area contributed by atoms with Crippen molar-refractivity contribution in [3.63, 3.8) is 0 Å². The predicted octanol–water partition coefficient (Wildman–Crippen LogP) is 3.50. The Kier molecular flexibility index (Phi) is 11.6. The van der Waals surface area contributed by atoms with Crippen LogP contribution in [0.25, 0.3) is 11.1 Å². The van der Waals surface area contributed by atoms with Crippen LogP contribution in [0.4, 0.5) is 5.69 Å². The monoisotopic (exact) mass is 720 g/mol. The number of anilines is 1. The van der Waals surface area contributed by atoms with Gasteiger partial charge in [0.05, 0.1) is 38.3 Å². The van der Waals surface area contributed by atoms with Crippen molar-refractivity contribution in [2.45, 2.75) is 91.3 Å². The topological polar surface area (TPSA) is 137 Å². The molecule has 5 aliphatic rings. The summed E-state index contributed by atoms with van der Waals surface area (Å²) in [4.78, 5) is 24.1. The van der Waals surface area contributed by atoms with E-state index in [0.29, 0.717) is 29.1 Å². The van der Waals surface area contributed by atoms with Crippen LogP contribution >= 0.6 is 0 Å². The van der Waals surface area contributed by atoms with E-state index in [0.717, 1.165) is 60.4 Å². The fourth-order valence-corrected chi connectivity index (χ4v) is 9.50. The van der Waals surface area contributed by atoms with Gasteiger partial charge in [-0.2, -0.15) is 5.43 Å². The number of fused-ring (bicyclic) bond motifs is 2. The van der Waals surface area contributed by atoms with Crippen molar-refractivity contribution in [1.29, 1.82) is 0 Å². The molecular formula is C40H60N6O6. The first-order chi connectivity index (χ1) is 24.8. The highest BCUT2D eigenvalue weighted by molar-refractivity contribution is 5.97. The molecule has 2 heterocycles. The number of nitrogens with zero attached hydrogens (tertiary/aromatic N) is 3. The number of likely N-dealkylation sites (tertiary alicyclic amines) is 1. The molecule has 3 saturated carbocycles. The lowest BCUT2D eigenvalue weighted by Gasteiger charge is -2.62. The third-order valence-corrected chi connectivity index (χ3v) is 12.7. The van der Waals surface area contributed by atoms with Crippen LogP contribution in [0.1, 0.15) is 76.2 Å². The summed E-state index contributed by atoms with van der Waals surface area (Å²) in [5.74, 6) is 1.24. The molecular weight excluding hydrogens is 660 g/mol. The van der Waals surface area contributed by atoms with Gasteiger partial charge in [-0.05, 0) is 86.5 Å². The smallest absolute Gasteiger partial charge is 0.255 e. The van der Waals surface area contributed by atoms with Crippen molar-refractivity contribution in [2.75, 3.05) is 45.8 Å². The highest BCUT2D eigenvalue weighted by Gasteiger charge is 2.57. The maximum Gasteiger partial charge on any atom is 0.255 e. The summed E-state index contributed by atoms with van der Waals surface area (Å²) in [5.41, 5.74) is 8.52. The van der Waals surface area contributed by atoms with Crippen LogP contribution < -0.4 is 25.6 Å². The quantitative estimate of drug-likeness (QED) is 0.196. The van der Waals surface area contributed by atoms with Crippen molar-refractivity contribution >= 4 is 11.6 Å². The van der Waals surface area contributed by atoms with Crippen LogP contribution in [0.2, 0.25) is 0 Å². The minimum atomic E-state index is -0.894. The van der Waals surface area contributed by atoms with Crippen LogP contribution in [0, 0.1) is 34.3 Å². The summed E-state index contributed by atoms with van der Waals surface area (Å²) < 4.78 is 6.07. The van der Waals surface area contributed by atoms with Gasteiger partial charge in [0.25, 0.3) is 5.91 Å².